The molecule has 0 saturated heterocycles. The Bertz CT molecular complexity index is 1860. The van der Waals surface area contributed by atoms with E-state index in [0.29, 0.717) is 31.9 Å². The van der Waals surface area contributed by atoms with Gasteiger partial charge in [0.1, 0.15) is 11.8 Å². The number of carbonyl (C=O) groups excluding carboxylic acids is 1. The van der Waals surface area contributed by atoms with Gasteiger partial charge in [-0.15, -0.1) is 0 Å². The number of hydrogen-bond acceptors (Lipinski definition) is 6. The fraction of sp³-hybridized carbons (Fsp3) is 0.258. The number of thiazole rings is 1. The molecule has 1 atom stereocenters. The molecule has 0 bridgehead atoms. The fourth-order valence-electron chi connectivity index (χ4n) is 5.17. The maximum Gasteiger partial charge on any atom is 0.338 e. The summed E-state index contributed by atoms with van der Waals surface area (Å²) in [5, 5.41) is 0. The van der Waals surface area contributed by atoms with E-state index in [9.17, 15) is 9.59 Å². The SMILES string of the molecule is CCOC(=O)C1=C(C)N=c2s/c(=C/c3cc(C)n(-c4ccc(C)c(I)c4)c3C)c(=O)n2[C@H]1c1ccccc1OC. The molecule has 1 aliphatic heterocycles. The first kappa shape index (κ1) is 28.1. The van der Waals surface area contributed by atoms with Crippen LogP contribution in [0.2, 0.25) is 0 Å². The zero-order chi connectivity index (χ0) is 28.7. The molecule has 2 aromatic carbocycles. The van der Waals surface area contributed by atoms with E-state index in [2.05, 4.69) is 77.2 Å². The Morgan fingerprint density at radius 1 is 1.12 bits per heavy atom. The molecule has 40 heavy (non-hydrogen) atoms. The van der Waals surface area contributed by atoms with Crippen LogP contribution in [0.25, 0.3) is 11.8 Å². The number of methoxy groups -OCH3 is 1. The summed E-state index contributed by atoms with van der Waals surface area (Å²) in [5.74, 6) is 0.0834. The molecule has 0 unspecified atom stereocenters. The number of nitrogens with zero attached hydrogens (tertiary/aromatic N) is 3. The van der Waals surface area contributed by atoms with Crippen molar-refractivity contribution in [2.45, 2.75) is 40.7 Å². The van der Waals surface area contributed by atoms with Crippen molar-refractivity contribution in [3.8, 4) is 11.4 Å². The number of rotatable bonds is 6. The van der Waals surface area contributed by atoms with Gasteiger partial charge in [-0.1, -0.05) is 35.6 Å². The average molecular weight is 668 g/mol. The summed E-state index contributed by atoms with van der Waals surface area (Å²) in [5.41, 5.74) is 6.70. The first-order valence-corrected chi connectivity index (χ1v) is 14.8. The Morgan fingerprint density at radius 3 is 2.58 bits per heavy atom. The molecule has 0 spiro atoms. The molecule has 1 aliphatic rings. The highest BCUT2D eigenvalue weighted by Crippen LogP contribution is 2.35. The second kappa shape index (κ2) is 11.2. The minimum atomic E-state index is -0.726. The van der Waals surface area contributed by atoms with Crippen LogP contribution in [0.15, 0.2) is 69.6 Å². The highest BCUT2D eigenvalue weighted by molar-refractivity contribution is 14.1. The summed E-state index contributed by atoms with van der Waals surface area (Å²) in [6.45, 7) is 9.98. The Labute approximate surface area is 250 Å². The van der Waals surface area contributed by atoms with Gasteiger partial charge in [-0.3, -0.25) is 9.36 Å². The summed E-state index contributed by atoms with van der Waals surface area (Å²) in [6.07, 6.45) is 1.92. The molecular weight excluding hydrogens is 637 g/mol. The lowest BCUT2D eigenvalue weighted by molar-refractivity contribution is -0.139. The van der Waals surface area contributed by atoms with E-state index < -0.39 is 12.0 Å². The van der Waals surface area contributed by atoms with Gasteiger partial charge in [0.2, 0.25) is 0 Å². The van der Waals surface area contributed by atoms with Crippen LogP contribution in [-0.4, -0.2) is 28.8 Å². The molecule has 7 nitrogen and oxygen atoms in total. The molecular formula is C31H30IN3O4S. The van der Waals surface area contributed by atoms with E-state index in [4.69, 9.17) is 9.47 Å². The Morgan fingerprint density at radius 2 is 1.88 bits per heavy atom. The van der Waals surface area contributed by atoms with Crippen LogP contribution in [0.4, 0.5) is 0 Å². The van der Waals surface area contributed by atoms with Crippen LogP contribution in [0.5, 0.6) is 5.75 Å². The Kier molecular flexibility index (Phi) is 7.87. The van der Waals surface area contributed by atoms with E-state index in [-0.39, 0.29) is 12.2 Å². The molecule has 0 N–H and O–H groups in total. The molecule has 0 radical (unpaired) electrons. The second-order valence-corrected chi connectivity index (χ2v) is 11.8. The van der Waals surface area contributed by atoms with E-state index in [0.717, 1.165) is 22.6 Å². The van der Waals surface area contributed by atoms with Gasteiger partial charge < -0.3 is 14.0 Å². The predicted octanol–water partition coefficient (Wildman–Crippen LogP) is 5.13. The number of halogens is 1. The summed E-state index contributed by atoms with van der Waals surface area (Å²) in [6, 6.07) is 15.2. The molecule has 5 rings (SSSR count). The van der Waals surface area contributed by atoms with Crippen molar-refractivity contribution in [2.75, 3.05) is 13.7 Å². The number of allylic oxidation sites excluding steroid dienone is 1. The average Bonchev–Trinajstić information content (AvgIpc) is 3.38. The monoisotopic (exact) mass is 667 g/mol. The lowest BCUT2D eigenvalue weighted by atomic mass is 9.95. The number of hydrogen-bond donors (Lipinski definition) is 0. The van der Waals surface area contributed by atoms with Crippen molar-refractivity contribution < 1.29 is 14.3 Å². The summed E-state index contributed by atoms with van der Waals surface area (Å²) >= 11 is 3.67. The maximum atomic E-state index is 14.0. The van der Waals surface area contributed by atoms with Crippen molar-refractivity contribution in [1.82, 2.24) is 9.13 Å². The molecule has 206 valence electrons. The van der Waals surface area contributed by atoms with Gasteiger partial charge in [0.15, 0.2) is 4.80 Å². The Balaban J connectivity index is 1.71. The Hall–Kier alpha value is -3.44. The third-order valence-corrected chi connectivity index (χ3v) is 9.27. The van der Waals surface area contributed by atoms with E-state index >= 15 is 0 Å². The first-order chi connectivity index (χ1) is 19.2. The van der Waals surface area contributed by atoms with Gasteiger partial charge in [-0.25, -0.2) is 9.79 Å². The largest absolute Gasteiger partial charge is 0.496 e. The van der Waals surface area contributed by atoms with Crippen LogP contribution in [0.1, 0.15) is 48.0 Å². The van der Waals surface area contributed by atoms with Gasteiger partial charge in [0, 0.05) is 26.2 Å². The maximum absolute atomic E-state index is 14.0. The zero-order valence-corrected chi connectivity index (χ0v) is 26.2. The molecule has 0 amide bonds. The van der Waals surface area contributed by atoms with Gasteiger partial charge in [-0.2, -0.15) is 0 Å². The minimum absolute atomic E-state index is 0.217. The lowest BCUT2D eigenvalue weighted by Gasteiger charge is -2.25. The predicted molar refractivity (Wildman–Crippen MR) is 166 cm³/mol. The first-order valence-electron chi connectivity index (χ1n) is 12.9. The number of aromatic nitrogens is 2. The molecule has 0 aliphatic carbocycles. The standard InChI is InChI=1S/C31H30IN3O4S/c1-7-39-30(37)27-19(4)33-31-35(28(27)23-10-8-9-11-25(23)38-6)29(36)26(40-31)15-21-14-18(3)34(20(21)5)22-13-12-17(2)24(32)16-22/h8-16,28H,7H2,1-6H3/b26-15+/t28-/m0/s1. The third kappa shape index (κ3) is 4.85. The van der Waals surface area contributed by atoms with Gasteiger partial charge in [0.25, 0.3) is 5.56 Å². The van der Waals surface area contributed by atoms with E-state index in [1.165, 1.54) is 20.5 Å². The number of benzene rings is 2. The zero-order valence-electron chi connectivity index (χ0n) is 23.2. The van der Waals surface area contributed by atoms with Crippen molar-refractivity contribution in [1.29, 1.82) is 0 Å². The molecule has 3 heterocycles. The third-order valence-electron chi connectivity index (χ3n) is 7.12. The van der Waals surface area contributed by atoms with Gasteiger partial charge in [-0.05, 0) is 98.7 Å². The number of carbonyl (C=O) groups is 1. The van der Waals surface area contributed by atoms with Crippen molar-refractivity contribution in [3.05, 3.63) is 111 Å². The van der Waals surface area contributed by atoms with Crippen LogP contribution in [-0.2, 0) is 9.53 Å². The molecule has 4 aromatic rings. The quantitative estimate of drug-likeness (QED) is 0.211. The normalized spacial score (nSPS) is 15.2. The molecule has 9 heteroatoms. The van der Waals surface area contributed by atoms with E-state index in [1.807, 2.05) is 30.3 Å². The minimum Gasteiger partial charge on any atom is -0.496 e. The smallest absolute Gasteiger partial charge is 0.338 e. The number of ether oxygens (including phenoxy) is 2. The number of aryl methyl sites for hydroxylation is 2. The summed E-state index contributed by atoms with van der Waals surface area (Å²) < 4.78 is 16.6. The molecule has 0 fully saturated rings. The van der Waals surface area contributed by atoms with Crippen molar-refractivity contribution >= 4 is 46.0 Å². The fourth-order valence-corrected chi connectivity index (χ4v) is 6.71. The second-order valence-electron chi connectivity index (χ2n) is 9.64. The number of esters is 1. The van der Waals surface area contributed by atoms with E-state index in [1.54, 1.807) is 25.5 Å². The lowest BCUT2D eigenvalue weighted by Crippen LogP contribution is -2.40. The van der Waals surface area contributed by atoms with Gasteiger partial charge in [0.05, 0.1) is 29.5 Å². The van der Waals surface area contributed by atoms with Crippen molar-refractivity contribution in [2.24, 2.45) is 4.99 Å². The van der Waals surface area contributed by atoms with Gasteiger partial charge >= 0.3 is 5.97 Å². The number of para-hydroxylation sites is 1. The topological polar surface area (TPSA) is 74.8 Å². The van der Waals surface area contributed by atoms with Crippen LogP contribution in [0, 0.1) is 24.3 Å². The highest BCUT2D eigenvalue weighted by Gasteiger charge is 2.35. The van der Waals surface area contributed by atoms with Crippen LogP contribution >= 0.6 is 33.9 Å². The summed E-state index contributed by atoms with van der Waals surface area (Å²) in [4.78, 5) is 32.4. The van der Waals surface area contributed by atoms with Crippen LogP contribution < -0.4 is 19.6 Å². The highest BCUT2D eigenvalue weighted by atomic mass is 127. The molecule has 0 saturated carbocycles. The number of fused-ring (bicyclic) bond motifs is 1. The van der Waals surface area contributed by atoms with Crippen molar-refractivity contribution in [3.63, 3.8) is 0 Å². The molecule has 2 aromatic heterocycles. The van der Waals surface area contributed by atoms with Crippen LogP contribution in [0.3, 0.4) is 0 Å². The summed E-state index contributed by atoms with van der Waals surface area (Å²) in [7, 11) is 1.58.